The molecule has 3 N–H and O–H groups in total. The minimum Gasteiger partial charge on any atom is -0.457 e. The maximum Gasteiger partial charge on any atom is 0.416 e. The number of urea groups is 2. The lowest BCUT2D eigenvalue weighted by molar-refractivity contribution is -0.137. The molecule has 0 aliphatic heterocycles. The molecule has 212 valence electrons. The van der Waals surface area contributed by atoms with Gasteiger partial charge in [-0.05, 0) is 79.2 Å². The molecule has 4 rings (SSSR count). The molecule has 0 aliphatic rings. The second kappa shape index (κ2) is 13.3. The topological polar surface area (TPSA) is 82.7 Å². The summed E-state index contributed by atoms with van der Waals surface area (Å²) in [4.78, 5) is 26.8. The minimum atomic E-state index is -4.47. The van der Waals surface area contributed by atoms with E-state index >= 15 is 0 Å². The average molecular weight is 567 g/mol. The lowest BCUT2D eigenvalue weighted by Gasteiger charge is -2.24. The lowest BCUT2D eigenvalue weighted by atomic mass is 10.2. The molecule has 0 atom stereocenters. The van der Waals surface area contributed by atoms with E-state index in [0.29, 0.717) is 23.6 Å². The minimum absolute atomic E-state index is 0.0144. The van der Waals surface area contributed by atoms with Crippen LogP contribution in [0.2, 0.25) is 0 Å². The number of anilines is 3. The number of carbonyl (C=O) groups is 2. The van der Waals surface area contributed by atoms with E-state index in [1.165, 1.54) is 23.1 Å². The first-order valence-corrected chi connectivity index (χ1v) is 12.6. The first kappa shape index (κ1) is 28.9. The zero-order valence-corrected chi connectivity index (χ0v) is 21.6. The second-order valence-electron chi connectivity index (χ2n) is 8.78. The molecule has 0 unspecified atom stereocenters. The molecule has 4 aromatic carbocycles. The summed E-state index contributed by atoms with van der Waals surface area (Å²) < 4.78 is 58.2. The molecule has 0 heterocycles. The number of nitrogens with zero attached hydrogens (tertiary/aromatic N) is 1. The standard InChI is InChI=1S/C30H26F4N4O3/c31-26-9-4-5-10-27(26)37-29(40)38(23-15-17-25(18-16-23)41-24-7-2-1-3-8-24)20-6-19-35-28(39)36-22-13-11-21(12-14-22)30(32,33)34/h1-5,7-18H,6,19-20H2,(H,37,40)(H2,35,36,39). The van der Waals surface area contributed by atoms with Crippen LogP contribution in [0.3, 0.4) is 0 Å². The molecule has 0 aliphatic carbocycles. The van der Waals surface area contributed by atoms with Gasteiger partial charge in [0.05, 0.1) is 11.3 Å². The van der Waals surface area contributed by atoms with Crippen molar-refractivity contribution in [3.05, 3.63) is 115 Å². The fraction of sp³-hybridized carbons (Fsp3) is 0.133. The Morgan fingerprint density at radius 3 is 2.05 bits per heavy atom. The molecular formula is C30H26F4N4O3. The summed E-state index contributed by atoms with van der Waals surface area (Å²) in [5, 5.41) is 7.63. The van der Waals surface area contributed by atoms with Gasteiger partial charge in [0.15, 0.2) is 0 Å². The number of hydrogen-bond acceptors (Lipinski definition) is 3. The van der Waals surface area contributed by atoms with Crippen molar-refractivity contribution in [2.24, 2.45) is 0 Å². The van der Waals surface area contributed by atoms with Crippen molar-refractivity contribution >= 4 is 29.1 Å². The number of rotatable bonds is 9. The number of nitrogens with one attached hydrogen (secondary N) is 3. The summed E-state index contributed by atoms with van der Waals surface area (Å²) in [6.45, 7) is 0.297. The van der Waals surface area contributed by atoms with Crippen LogP contribution in [0.25, 0.3) is 0 Å². The van der Waals surface area contributed by atoms with Crippen LogP contribution in [0.15, 0.2) is 103 Å². The lowest BCUT2D eigenvalue weighted by Crippen LogP contribution is -2.38. The summed E-state index contributed by atoms with van der Waals surface area (Å²) in [5.41, 5.74) is -0.106. The number of para-hydroxylation sites is 2. The molecule has 11 heteroatoms. The summed E-state index contributed by atoms with van der Waals surface area (Å²) in [6, 6.07) is 24.6. The average Bonchev–Trinajstić information content (AvgIpc) is 2.95. The number of ether oxygens (including phenoxy) is 1. The molecule has 7 nitrogen and oxygen atoms in total. The molecule has 0 fully saturated rings. The fourth-order valence-corrected chi connectivity index (χ4v) is 3.77. The van der Waals surface area contributed by atoms with Crippen molar-refractivity contribution in [1.29, 1.82) is 0 Å². The van der Waals surface area contributed by atoms with Crippen molar-refractivity contribution in [3.8, 4) is 11.5 Å². The molecule has 4 aromatic rings. The highest BCUT2D eigenvalue weighted by Gasteiger charge is 2.30. The third-order valence-electron chi connectivity index (χ3n) is 5.80. The normalized spacial score (nSPS) is 10.9. The smallest absolute Gasteiger partial charge is 0.416 e. The SMILES string of the molecule is O=C(NCCCN(C(=O)Nc1ccccc1F)c1ccc(Oc2ccccc2)cc1)Nc1ccc(C(F)(F)F)cc1. The number of carbonyl (C=O) groups excluding carboxylic acids is 2. The summed E-state index contributed by atoms with van der Waals surface area (Å²) in [5.74, 6) is 0.611. The van der Waals surface area contributed by atoms with Crippen LogP contribution in [0.4, 0.5) is 44.2 Å². The molecule has 0 bridgehead atoms. The van der Waals surface area contributed by atoms with E-state index < -0.39 is 29.6 Å². The van der Waals surface area contributed by atoms with Crippen LogP contribution in [-0.4, -0.2) is 25.2 Å². The second-order valence-corrected chi connectivity index (χ2v) is 8.78. The number of amides is 4. The van der Waals surface area contributed by atoms with E-state index in [-0.39, 0.29) is 24.5 Å². The molecule has 0 aromatic heterocycles. The largest absolute Gasteiger partial charge is 0.457 e. The van der Waals surface area contributed by atoms with Gasteiger partial charge >= 0.3 is 18.2 Å². The van der Waals surface area contributed by atoms with Gasteiger partial charge in [0.1, 0.15) is 17.3 Å². The van der Waals surface area contributed by atoms with E-state index in [9.17, 15) is 27.2 Å². The Morgan fingerprint density at radius 1 is 0.756 bits per heavy atom. The summed E-state index contributed by atoms with van der Waals surface area (Å²) in [7, 11) is 0. The molecule has 0 saturated carbocycles. The first-order valence-electron chi connectivity index (χ1n) is 12.6. The van der Waals surface area contributed by atoms with Gasteiger partial charge in [-0.15, -0.1) is 0 Å². The third kappa shape index (κ3) is 8.46. The molecular weight excluding hydrogens is 540 g/mol. The highest BCUT2D eigenvalue weighted by molar-refractivity contribution is 6.01. The van der Waals surface area contributed by atoms with Crippen LogP contribution in [0, 0.1) is 5.82 Å². The number of hydrogen-bond donors (Lipinski definition) is 3. The van der Waals surface area contributed by atoms with Gasteiger partial charge in [0, 0.05) is 24.5 Å². The maximum atomic E-state index is 14.2. The quantitative estimate of drug-likeness (QED) is 0.142. The summed E-state index contributed by atoms with van der Waals surface area (Å²) >= 11 is 0. The molecule has 0 radical (unpaired) electrons. The fourth-order valence-electron chi connectivity index (χ4n) is 3.77. The Morgan fingerprint density at radius 2 is 1.39 bits per heavy atom. The van der Waals surface area contributed by atoms with Crippen LogP contribution in [0.1, 0.15) is 12.0 Å². The number of alkyl halides is 3. The zero-order valence-electron chi connectivity index (χ0n) is 21.6. The predicted molar refractivity (Wildman–Crippen MR) is 149 cm³/mol. The van der Waals surface area contributed by atoms with Crippen LogP contribution < -0.4 is 25.6 Å². The highest BCUT2D eigenvalue weighted by Crippen LogP contribution is 2.30. The predicted octanol–water partition coefficient (Wildman–Crippen LogP) is 7.89. The zero-order chi connectivity index (χ0) is 29.2. The van der Waals surface area contributed by atoms with Crippen LogP contribution in [0.5, 0.6) is 11.5 Å². The van der Waals surface area contributed by atoms with Gasteiger partial charge in [0.25, 0.3) is 0 Å². The van der Waals surface area contributed by atoms with Gasteiger partial charge in [-0.25, -0.2) is 14.0 Å². The van der Waals surface area contributed by atoms with Crippen molar-refractivity contribution < 1.29 is 31.9 Å². The van der Waals surface area contributed by atoms with Gasteiger partial charge in [-0.1, -0.05) is 30.3 Å². The van der Waals surface area contributed by atoms with Gasteiger partial charge in [-0.2, -0.15) is 13.2 Å². The van der Waals surface area contributed by atoms with Crippen molar-refractivity contribution in [2.45, 2.75) is 12.6 Å². The Bertz CT molecular complexity index is 1450. The molecule has 0 spiro atoms. The number of halogens is 4. The van der Waals surface area contributed by atoms with Crippen molar-refractivity contribution in [3.63, 3.8) is 0 Å². The van der Waals surface area contributed by atoms with Crippen LogP contribution >= 0.6 is 0 Å². The number of benzene rings is 4. The van der Waals surface area contributed by atoms with E-state index in [2.05, 4.69) is 16.0 Å². The highest BCUT2D eigenvalue weighted by atomic mass is 19.4. The maximum absolute atomic E-state index is 14.2. The van der Waals surface area contributed by atoms with E-state index in [0.717, 1.165) is 24.3 Å². The van der Waals surface area contributed by atoms with Crippen molar-refractivity contribution in [1.82, 2.24) is 5.32 Å². The van der Waals surface area contributed by atoms with Gasteiger partial charge in [0.2, 0.25) is 0 Å². The monoisotopic (exact) mass is 566 g/mol. The van der Waals surface area contributed by atoms with E-state index in [1.54, 1.807) is 30.3 Å². The Kier molecular flexibility index (Phi) is 9.41. The summed E-state index contributed by atoms with van der Waals surface area (Å²) in [6.07, 6.45) is -4.16. The Labute approximate surface area is 233 Å². The Balaban J connectivity index is 1.37. The van der Waals surface area contributed by atoms with E-state index in [1.807, 2.05) is 30.3 Å². The van der Waals surface area contributed by atoms with Crippen molar-refractivity contribution in [2.75, 3.05) is 28.6 Å². The van der Waals surface area contributed by atoms with Gasteiger partial charge < -0.3 is 20.7 Å². The van der Waals surface area contributed by atoms with E-state index in [4.69, 9.17) is 4.74 Å². The molecule has 4 amide bonds. The first-order chi connectivity index (χ1) is 19.7. The molecule has 41 heavy (non-hydrogen) atoms. The van der Waals surface area contributed by atoms with Gasteiger partial charge in [-0.3, -0.25) is 4.90 Å². The van der Waals surface area contributed by atoms with Crippen LogP contribution in [-0.2, 0) is 6.18 Å². The third-order valence-corrected chi connectivity index (χ3v) is 5.80. The molecule has 0 saturated heterocycles. The Hall–Kier alpha value is -5.06.